The molecule has 2 aliphatic heterocycles. The Bertz CT molecular complexity index is 2860. The molecule has 29 nitrogen and oxygen atoms in total. The summed E-state index contributed by atoms with van der Waals surface area (Å²) < 4.78 is 49.7. The molecule has 0 radical (unpaired) electrons. The molecule has 2 unspecified atom stereocenters. The minimum Gasteiger partial charge on any atom is -0.469 e. The number of carbonyl (C=O) groups excluding carboxylic acids is 5. The molecular formula is C54H84N10O19. The van der Waals surface area contributed by atoms with Crippen molar-refractivity contribution >= 4 is 30.0 Å². The number of hydrogen-bond donors (Lipinski definition) is 0. The molecule has 0 N–H and O–H groups in total. The molecule has 5 fully saturated rings. The standard InChI is InChI=1S/C54H84N10O19/c1-4-5-32-79-43(66)23-27-57-49(70)56(26-22-42(65)77-3)50(71)58(51(57)72)28-24-44(67)80-34-30-60-48(69)55(47(68)59(52(60)73)29-33-76-2)25-15-31-78-35-61-45-46(63(53(61)74)37-82-40-18-11-7-12-19-40)64(38-83-41-20-13-8-14-21-41)54(75)62(45)36-81-39-16-9-6-10-17-39/h39-41,45-46H,4-38H2,1-3H3. The number of ether oxygens (including phenoxy) is 8. The zero-order valence-corrected chi connectivity index (χ0v) is 48.4. The third kappa shape index (κ3) is 16.7. The van der Waals surface area contributed by atoms with Crippen LogP contribution in [0.25, 0.3) is 0 Å². The van der Waals surface area contributed by atoms with Gasteiger partial charge in [0, 0.05) is 33.3 Å². The SMILES string of the molecule is CCCCOC(=O)CCn1c(=O)n(CCC(=O)OC)c(=O)n(CCC(=O)OCCn2c(=O)n(CCCOCN3C(=O)N(COC4CCCCC4)C4C3N(COC3CCCCC3)C(=O)N4COC3CCCCC3)c(=O)n(CCOC)c2=O)c1=O. The Balaban J connectivity index is 1.02. The van der Waals surface area contributed by atoms with E-state index in [-0.39, 0.29) is 90.6 Å². The third-order valence-corrected chi connectivity index (χ3v) is 15.9. The normalized spacial score (nSPS) is 19.0. The van der Waals surface area contributed by atoms with Gasteiger partial charge in [0.2, 0.25) is 0 Å². The number of aromatic nitrogens is 6. The molecule has 0 aromatic carbocycles. The van der Waals surface area contributed by atoms with E-state index in [1.165, 1.54) is 12.0 Å². The van der Waals surface area contributed by atoms with E-state index in [9.17, 15) is 52.7 Å². The predicted molar refractivity (Wildman–Crippen MR) is 293 cm³/mol. The number of carbonyl (C=O) groups is 5. The van der Waals surface area contributed by atoms with Crippen LogP contribution in [0.5, 0.6) is 0 Å². The number of urea groups is 2. The Morgan fingerprint density at radius 1 is 0.398 bits per heavy atom. The fourth-order valence-electron chi connectivity index (χ4n) is 11.2. The van der Waals surface area contributed by atoms with E-state index in [0.717, 1.165) is 124 Å². The first-order chi connectivity index (χ1) is 40.2. The van der Waals surface area contributed by atoms with Crippen molar-refractivity contribution in [1.29, 1.82) is 0 Å². The van der Waals surface area contributed by atoms with E-state index in [1.54, 1.807) is 14.7 Å². The molecule has 2 saturated heterocycles. The summed E-state index contributed by atoms with van der Waals surface area (Å²) in [7, 11) is 2.48. The van der Waals surface area contributed by atoms with E-state index < -0.39 is 122 Å². The van der Waals surface area contributed by atoms with Crippen molar-refractivity contribution < 1.29 is 61.9 Å². The van der Waals surface area contributed by atoms with Gasteiger partial charge in [-0.05, 0) is 51.4 Å². The third-order valence-electron chi connectivity index (χ3n) is 15.9. The molecule has 83 heavy (non-hydrogen) atoms. The first-order valence-electron chi connectivity index (χ1n) is 29.5. The highest BCUT2D eigenvalue weighted by Crippen LogP contribution is 2.37. The quantitative estimate of drug-likeness (QED) is 0.0557. The fourth-order valence-corrected chi connectivity index (χ4v) is 11.2. The molecule has 3 aliphatic carbocycles. The maximum absolute atomic E-state index is 14.6. The summed E-state index contributed by atoms with van der Waals surface area (Å²) in [6, 6.07) is -0.753. The van der Waals surface area contributed by atoms with Crippen molar-refractivity contribution in [3.8, 4) is 0 Å². The van der Waals surface area contributed by atoms with Crippen LogP contribution in [-0.2, 0) is 91.5 Å². The van der Waals surface area contributed by atoms with Gasteiger partial charge >= 0.3 is 64.1 Å². The second-order valence-electron chi connectivity index (χ2n) is 21.5. The average Bonchev–Trinajstić information content (AvgIpc) is 4.01. The molecule has 29 heteroatoms. The average molecular weight is 1180 g/mol. The van der Waals surface area contributed by atoms with Crippen LogP contribution in [0.2, 0.25) is 0 Å². The summed E-state index contributed by atoms with van der Waals surface area (Å²) in [5, 5.41) is 0. The van der Waals surface area contributed by atoms with Gasteiger partial charge in [0.05, 0.1) is 77.6 Å². The van der Waals surface area contributed by atoms with Gasteiger partial charge in [-0.25, -0.2) is 65.8 Å². The summed E-state index contributed by atoms with van der Waals surface area (Å²) in [5.74, 6) is -2.42. The van der Waals surface area contributed by atoms with Crippen LogP contribution in [-0.4, -0.2) is 175 Å². The van der Waals surface area contributed by atoms with E-state index in [1.807, 2.05) is 6.92 Å². The summed E-state index contributed by atoms with van der Waals surface area (Å²) in [5.41, 5.74) is -6.30. The van der Waals surface area contributed by atoms with Gasteiger partial charge in [0.25, 0.3) is 0 Å². The smallest absolute Gasteiger partial charge is 0.336 e. The lowest BCUT2D eigenvalue weighted by molar-refractivity contribution is -0.145. The highest BCUT2D eigenvalue weighted by Gasteiger charge is 2.60. The van der Waals surface area contributed by atoms with Gasteiger partial charge in [-0.15, -0.1) is 0 Å². The Labute approximate surface area is 479 Å². The molecule has 4 heterocycles. The zero-order chi connectivity index (χ0) is 59.4. The van der Waals surface area contributed by atoms with Gasteiger partial charge in [-0.3, -0.25) is 34.0 Å². The Kier molecular flexibility index (Phi) is 24.7. The van der Waals surface area contributed by atoms with Crippen molar-refractivity contribution in [1.82, 2.24) is 47.0 Å². The minimum absolute atomic E-state index is 0.0142. The van der Waals surface area contributed by atoms with Gasteiger partial charge in [-0.2, -0.15) is 0 Å². The Morgan fingerprint density at radius 3 is 1.13 bits per heavy atom. The lowest BCUT2D eigenvalue weighted by atomic mass is 9.98. The number of hydrogen-bond acceptors (Lipinski definition) is 19. The van der Waals surface area contributed by atoms with Crippen molar-refractivity contribution in [3.63, 3.8) is 0 Å². The van der Waals surface area contributed by atoms with Crippen molar-refractivity contribution in [2.75, 3.05) is 67.6 Å². The maximum Gasteiger partial charge on any atom is 0.336 e. The number of nitrogens with zero attached hydrogens (tertiary/aromatic N) is 10. The minimum atomic E-state index is -1.14. The van der Waals surface area contributed by atoms with Crippen LogP contribution in [0.4, 0.5) is 9.59 Å². The topological polar surface area (TPSA) is 304 Å². The van der Waals surface area contributed by atoms with Gasteiger partial charge in [0.1, 0.15) is 33.5 Å². The summed E-state index contributed by atoms with van der Waals surface area (Å²) in [4.78, 5) is 154. The lowest BCUT2D eigenvalue weighted by Gasteiger charge is -2.32. The maximum atomic E-state index is 14.6. The molecule has 3 saturated carbocycles. The van der Waals surface area contributed by atoms with Crippen LogP contribution < -0.4 is 34.1 Å². The number of rotatable bonds is 33. The first-order valence-corrected chi connectivity index (χ1v) is 29.5. The lowest BCUT2D eigenvalue weighted by Crippen LogP contribution is -2.55. The Morgan fingerprint density at radius 2 is 0.747 bits per heavy atom. The van der Waals surface area contributed by atoms with E-state index in [4.69, 9.17) is 33.2 Å². The van der Waals surface area contributed by atoms with Crippen LogP contribution in [0, 0.1) is 0 Å². The molecule has 0 spiro atoms. The van der Waals surface area contributed by atoms with Crippen LogP contribution in [0.3, 0.4) is 0 Å². The molecule has 464 valence electrons. The molecular weight excluding hydrogens is 1090 g/mol. The van der Waals surface area contributed by atoms with Gasteiger partial charge in [-0.1, -0.05) is 71.1 Å². The number of amides is 4. The summed E-state index contributed by atoms with van der Waals surface area (Å²) >= 11 is 0. The molecule has 0 bridgehead atoms. The van der Waals surface area contributed by atoms with E-state index in [0.29, 0.717) is 20.1 Å². The monoisotopic (exact) mass is 1180 g/mol. The number of esters is 3. The number of methoxy groups -OCH3 is 2. The van der Waals surface area contributed by atoms with Gasteiger partial charge in [0.15, 0.2) is 12.3 Å². The highest BCUT2D eigenvalue weighted by atomic mass is 16.5. The molecule has 7 rings (SSSR count). The van der Waals surface area contributed by atoms with Gasteiger partial charge < -0.3 is 37.9 Å². The molecule has 2 aromatic rings. The largest absolute Gasteiger partial charge is 0.469 e. The van der Waals surface area contributed by atoms with Crippen LogP contribution in [0.15, 0.2) is 28.8 Å². The fraction of sp³-hybridized carbons (Fsp3) is 0.796. The zero-order valence-electron chi connectivity index (χ0n) is 48.4. The first kappa shape index (κ1) is 64.1. The molecule has 2 aromatic heterocycles. The van der Waals surface area contributed by atoms with E-state index in [2.05, 4.69) is 4.74 Å². The Hall–Kier alpha value is -6.43. The van der Waals surface area contributed by atoms with Crippen molar-refractivity contribution in [2.45, 2.75) is 212 Å². The second kappa shape index (κ2) is 32.0. The number of unbranched alkanes of at least 4 members (excludes halogenated alkanes) is 1. The van der Waals surface area contributed by atoms with Crippen LogP contribution in [0.1, 0.15) is 142 Å². The highest BCUT2D eigenvalue weighted by molar-refractivity contribution is 5.85. The predicted octanol–water partition coefficient (Wildman–Crippen LogP) is 1.65. The second-order valence-corrected chi connectivity index (χ2v) is 21.5. The van der Waals surface area contributed by atoms with E-state index >= 15 is 0 Å². The summed E-state index contributed by atoms with van der Waals surface area (Å²) in [6.07, 6.45) is 13.1. The molecule has 4 amide bonds. The van der Waals surface area contributed by atoms with Crippen molar-refractivity contribution in [3.05, 3.63) is 62.9 Å². The van der Waals surface area contributed by atoms with Crippen molar-refractivity contribution in [2.24, 2.45) is 0 Å². The number of fused-ring (bicyclic) bond motifs is 1. The molecule has 5 aliphatic rings. The van der Waals surface area contributed by atoms with Crippen LogP contribution >= 0.6 is 0 Å². The molecule has 2 atom stereocenters. The summed E-state index contributed by atoms with van der Waals surface area (Å²) in [6.45, 7) is -1.65.